The van der Waals surface area contributed by atoms with Crippen molar-refractivity contribution < 1.29 is 53.1 Å². The van der Waals surface area contributed by atoms with E-state index in [1.54, 1.807) is 53.5 Å². The number of amides is 2. The number of nitrogens with zero attached hydrogens (tertiary/aromatic N) is 4. The monoisotopic (exact) mass is 1120 g/mol. The van der Waals surface area contributed by atoms with Crippen LogP contribution < -0.4 is 14.8 Å². The molecule has 1 saturated carbocycles. The summed E-state index contributed by atoms with van der Waals surface area (Å²) in [7, 11) is 0. The molecule has 6 unspecified atom stereocenters. The first-order valence-corrected chi connectivity index (χ1v) is 28.8. The number of unbranched alkanes of at least 4 members (excludes halogenated alkanes) is 11. The lowest BCUT2D eigenvalue weighted by atomic mass is 9.55. The highest BCUT2D eigenvalue weighted by atomic mass is 19.1. The van der Waals surface area contributed by atoms with Gasteiger partial charge in [-0.2, -0.15) is 0 Å². The number of oxime groups is 1. The van der Waals surface area contributed by atoms with Crippen molar-refractivity contribution in [1.29, 1.82) is 0 Å². The Labute approximate surface area is 474 Å². The molecule has 2 aliphatic carbocycles. The molecule has 4 aromatic rings. The number of non-ortho nitro benzene ring substituents is 2. The second-order valence-electron chi connectivity index (χ2n) is 21.2. The molecule has 0 aromatic heterocycles. The minimum absolute atomic E-state index is 0.000943. The van der Waals surface area contributed by atoms with Gasteiger partial charge in [0.15, 0.2) is 0 Å². The number of hydrogen-bond donors (Lipinski definition) is 3. The second kappa shape index (κ2) is 31.1. The number of nitro benzene ring substituents is 2. The number of fused-ring (bicyclic) bond motifs is 2. The van der Waals surface area contributed by atoms with E-state index < -0.39 is 51.3 Å². The first-order valence-electron chi connectivity index (χ1n) is 28.8. The third kappa shape index (κ3) is 16.7. The lowest BCUT2D eigenvalue weighted by molar-refractivity contribution is -0.385. The van der Waals surface area contributed by atoms with Gasteiger partial charge < -0.3 is 39.5 Å². The summed E-state index contributed by atoms with van der Waals surface area (Å²) in [5.74, 6) is -3.47. The molecular formula is C63H78FN5O12. The molecule has 6 atom stereocenters. The first-order chi connectivity index (χ1) is 39.4. The summed E-state index contributed by atoms with van der Waals surface area (Å²) in [4.78, 5) is 58.7. The van der Waals surface area contributed by atoms with Crippen molar-refractivity contribution >= 4 is 35.2 Å². The van der Waals surface area contributed by atoms with Crippen LogP contribution in [0.5, 0.6) is 11.5 Å². The molecule has 0 radical (unpaired) electrons. The third-order valence-corrected chi connectivity index (χ3v) is 15.7. The van der Waals surface area contributed by atoms with Crippen molar-refractivity contribution in [3.05, 3.63) is 170 Å². The fourth-order valence-corrected chi connectivity index (χ4v) is 11.7. The maximum atomic E-state index is 15.3. The SMILES string of the molecule is C=CCOC12Oc3ccc(OC(=O)NCCCCCCCCCCCC)cc3C3C(CCCCO)C(CCCCO)C=C(C(=NOCc4ccc([N+](=O)[O-])cc4)CC1N(Cc1ccc(F)cc1)C(=O)C=Cc1ccc([N+](=O)[O-])cc1)C32. The van der Waals surface area contributed by atoms with Crippen LogP contribution in [-0.4, -0.2) is 80.9 Å². The number of aliphatic hydroxyl groups is 2. The molecule has 3 N–H and O–H groups in total. The van der Waals surface area contributed by atoms with Gasteiger partial charge in [0.05, 0.1) is 28.1 Å². The Morgan fingerprint density at radius 2 is 1.46 bits per heavy atom. The number of nitrogens with one attached hydrogen (secondary N) is 1. The van der Waals surface area contributed by atoms with Crippen LogP contribution in [0.3, 0.4) is 0 Å². The zero-order chi connectivity index (χ0) is 57.6. The Morgan fingerprint density at radius 1 is 0.827 bits per heavy atom. The van der Waals surface area contributed by atoms with Gasteiger partial charge in [-0.25, -0.2) is 9.18 Å². The smallest absolute Gasteiger partial charge is 0.412 e. The molecule has 4 aromatic carbocycles. The van der Waals surface area contributed by atoms with Crippen LogP contribution >= 0.6 is 0 Å². The molecule has 18 heteroatoms. The minimum Gasteiger partial charge on any atom is -0.459 e. The molecule has 434 valence electrons. The summed E-state index contributed by atoms with van der Waals surface area (Å²) in [6.45, 7) is 6.53. The minimum atomic E-state index is -1.70. The number of carbonyl (C=O) groups excluding carboxylic acids is 2. The summed E-state index contributed by atoms with van der Waals surface area (Å²) in [6.07, 6.45) is 21.5. The molecule has 0 bridgehead atoms. The molecular weight excluding hydrogens is 1040 g/mol. The number of nitro groups is 2. The van der Waals surface area contributed by atoms with E-state index in [9.17, 15) is 39.6 Å². The van der Waals surface area contributed by atoms with E-state index in [2.05, 4.69) is 24.9 Å². The quantitative estimate of drug-likeness (QED) is 0.0133. The lowest BCUT2D eigenvalue weighted by Gasteiger charge is -2.60. The third-order valence-electron chi connectivity index (χ3n) is 15.7. The summed E-state index contributed by atoms with van der Waals surface area (Å²) < 4.78 is 35.1. The fourth-order valence-electron chi connectivity index (χ4n) is 11.7. The van der Waals surface area contributed by atoms with E-state index in [4.69, 9.17) is 24.2 Å². The van der Waals surface area contributed by atoms with Gasteiger partial charge in [-0.15, -0.1) is 6.58 Å². The maximum absolute atomic E-state index is 15.3. The van der Waals surface area contributed by atoms with E-state index in [-0.39, 0.29) is 68.4 Å². The highest BCUT2D eigenvalue weighted by Gasteiger charge is 2.65. The number of ether oxygens (including phenoxy) is 3. The highest BCUT2D eigenvalue weighted by Crippen LogP contribution is 2.62. The number of aliphatic hydroxyl groups excluding tert-OH is 2. The summed E-state index contributed by atoms with van der Waals surface area (Å²) in [6, 6.07) is 21.8. The standard InChI is InChI=1S/C63H78FN5O12/c1-3-5-6-7-8-9-10-11-12-15-36-65-62(73)80-52-33-34-57-55(41-52)60-53(19-14-17-38-71)48(18-13-16-37-70)40-54-56(66-79-44-47-24-31-51(32-25-47)69(76)77)42-58(63(81-57,61(54)60)78-39-4-2)67(43-46-20-27-49(64)28-21-46)59(72)35-26-45-22-29-50(30-23-45)68(74)75/h4,20-35,40-41,48,53,58,60-61,70-71H,2-3,5-19,36-39,42-44H2,1H3,(H,65,73). The Bertz CT molecular complexity index is 2810. The van der Waals surface area contributed by atoms with E-state index >= 15 is 4.79 Å². The number of hydrogen-bond acceptors (Lipinski definition) is 13. The average molecular weight is 1120 g/mol. The molecule has 1 fully saturated rings. The number of rotatable bonds is 33. The van der Waals surface area contributed by atoms with Crippen molar-refractivity contribution in [3.63, 3.8) is 0 Å². The van der Waals surface area contributed by atoms with Crippen molar-refractivity contribution in [2.45, 2.75) is 147 Å². The molecule has 81 heavy (non-hydrogen) atoms. The summed E-state index contributed by atoms with van der Waals surface area (Å²) >= 11 is 0. The Morgan fingerprint density at radius 3 is 2.10 bits per heavy atom. The van der Waals surface area contributed by atoms with Crippen LogP contribution in [0.1, 0.15) is 144 Å². The van der Waals surface area contributed by atoms with Crippen LogP contribution in [0.4, 0.5) is 20.6 Å². The maximum Gasteiger partial charge on any atom is 0.412 e. The van der Waals surface area contributed by atoms with Crippen molar-refractivity contribution in [1.82, 2.24) is 10.2 Å². The number of halogens is 1. The van der Waals surface area contributed by atoms with Gasteiger partial charge >= 0.3 is 6.09 Å². The van der Waals surface area contributed by atoms with E-state index in [1.165, 1.54) is 99.6 Å². The number of benzene rings is 4. The van der Waals surface area contributed by atoms with Crippen molar-refractivity contribution in [2.75, 3.05) is 26.4 Å². The predicted octanol–water partition coefficient (Wildman–Crippen LogP) is 13.2. The normalized spacial score (nSPS) is 20.4. The summed E-state index contributed by atoms with van der Waals surface area (Å²) in [5, 5.41) is 51.0. The molecule has 17 nitrogen and oxygen atoms in total. The molecule has 0 saturated heterocycles. The second-order valence-corrected chi connectivity index (χ2v) is 21.2. The van der Waals surface area contributed by atoms with Gasteiger partial charge in [0.2, 0.25) is 11.7 Å². The Hall–Kier alpha value is -7.28. The van der Waals surface area contributed by atoms with Gasteiger partial charge in [0, 0.05) is 74.5 Å². The van der Waals surface area contributed by atoms with Crippen LogP contribution in [0.15, 0.2) is 127 Å². The molecule has 1 aliphatic heterocycles. The number of carbonyl (C=O) groups is 2. The number of allylic oxidation sites excluding steroid dienone is 1. The molecule has 1 heterocycles. The Kier molecular flexibility index (Phi) is 23.5. The van der Waals surface area contributed by atoms with Crippen LogP contribution in [-0.2, 0) is 27.5 Å². The van der Waals surface area contributed by atoms with E-state index in [1.807, 2.05) is 6.07 Å². The van der Waals surface area contributed by atoms with Crippen LogP contribution in [0.2, 0.25) is 0 Å². The average Bonchev–Trinajstić information content (AvgIpc) is 3.60. The Balaban J connectivity index is 1.33. The van der Waals surface area contributed by atoms with Gasteiger partial charge in [0.1, 0.15) is 30.0 Å². The lowest BCUT2D eigenvalue weighted by Crippen LogP contribution is -2.70. The topological polar surface area (TPSA) is 225 Å². The highest BCUT2D eigenvalue weighted by molar-refractivity contribution is 6.03. The first kappa shape index (κ1) is 61.3. The van der Waals surface area contributed by atoms with Crippen molar-refractivity contribution in [3.8, 4) is 11.5 Å². The van der Waals surface area contributed by atoms with Crippen molar-refractivity contribution in [2.24, 2.45) is 22.9 Å². The molecule has 7 rings (SSSR count). The van der Waals surface area contributed by atoms with Gasteiger partial charge in [-0.1, -0.05) is 107 Å². The zero-order valence-corrected chi connectivity index (χ0v) is 46.5. The summed E-state index contributed by atoms with van der Waals surface area (Å²) in [5.41, 5.74) is 3.44. The van der Waals surface area contributed by atoms with Gasteiger partial charge in [-0.05, 0) is 127 Å². The van der Waals surface area contributed by atoms with E-state index in [0.29, 0.717) is 73.2 Å². The van der Waals surface area contributed by atoms with Crippen LogP contribution in [0.25, 0.3) is 6.08 Å². The van der Waals surface area contributed by atoms with Gasteiger partial charge in [-0.3, -0.25) is 25.0 Å². The predicted molar refractivity (Wildman–Crippen MR) is 308 cm³/mol. The van der Waals surface area contributed by atoms with E-state index in [0.717, 1.165) is 30.4 Å². The van der Waals surface area contributed by atoms with Gasteiger partial charge in [0.25, 0.3) is 11.4 Å². The zero-order valence-electron chi connectivity index (χ0n) is 46.5. The largest absolute Gasteiger partial charge is 0.459 e. The fraction of sp³-hybridized carbons (Fsp3) is 0.476. The molecule has 3 aliphatic rings. The molecule has 2 amide bonds. The molecule has 0 spiro atoms. The van der Waals surface area contributed by atoms with Crippen LogP contribution in [0, 0.1) is 43.8 Å².